The summed E-state index contributed by atoms with van der Waals surface area (Å²) in [5.74, 6) is 0.867. The Balaban J connectivity index is 1.79. The summed E-state index contributed by atoms with van der Waals surface area (Å²) < 4.78 is 20.2. The zero-order valence-corrected chi connectivity index (χ0v) is 26.7. The van der Waals surface area contributed by atoms with Crippen LogP contribution in [0.25, 0.3) is 16.8 Å². The smallest absolute Gasteiger partial charge is 0.338 e. The molecule has 0 bridgehead atoms. The molecule has 1 atom stereocenters. The monoisotopic (exact) mass is 648 g/mol. The van der Waals surface area contributed by atoms with Crippen molar-refractivity contribution in [1.82, 2.24) is 4.57 Å². The lowest BCUT2D eigenvalue weighted by molar-refractivity contribution is -0.139. The van der Waals surface area contributed by atoms with Gasteiger partial charge in [0.2, 0.25) is 0 Å². The number of esters is 1. The van der Waals surface area contributed by atoms with Gasteiger partial charge >= 0.3 is 5.97 Å². The van der Waals surface area contributed by atoms with Crippen molar-refractivity contribution in [2.24, 2.45) is 4.99 Å². The second-order valence-corrected chi connectivity index (χ2v) is 12.1. The number of nitrogens with zero attached hydrogens (tertiary/aromatic N) is 2. The molecule has 2 heterocycles. The lowest BCUT2D eigenvalue weighted by Crippen LogP contribution is -2.40. The Labute approximate surface area is 256 Å². The van der Waals surface area contributed by atoms with Gasteiger partial charge < -0.3 is 14.2 Å². The normalized spacial score (nSPS) is 15.1. The summed E-state index contributed by atoms with van der Waals surface area (Å²) in [6.45, 7) is 8.00. The first-order valence-electron chi connectivity index (χ1n) is 14.0. The van der Waals surface area contributed by atoms with Crippen LogP contribution in [0.4, 0.5) is 0 Å². The molecule has 0 spiro atoms. The number of allylic oxidation sites excluding steroid dienone is 1. The molecule has 5 rings (SSSR count). The molecule has 4 aromatic rings. The molecule has 3 aromatic carbocycles. The van der Waals surface area contributed by atoms with Crippen molar-refractivity contribution >= 4 is 50.1 Å². The van der Waals surface area contributed by atoms with Crippen molar-refractivity contribution in [2.45, 2.75) is 52.7 Å². The van der Waals surface area contributed by atoms with Crippen molar-refractivity contribution in [1.29, 1.82) is 0 Å². The molecule has 0 aliphatic carbocycles. The molecule has 42 heavy (non-hydrogen) atoms. The number of rotatable bonds is 9. The minimum absolute atomic E-state index is 0.0314. The predicted molar refractivity (Wildman–Crippen MR) is 170 cm³/mol. The second kappa shape index (κ2) is 12.7. The third-order valence-corrected chi connectivity index (χ3v) is 8.42. The van der Waals surface area contributed by atoms with Crippen LogP contribution in [0.5, 0.6) is 11.5 Å². The summed E-state index contributed by atoms with van der Waals surface area (Å²) in [6, 6.07) is 16.7. The van der Waals surface area contributed by atoms with E-state index in [1.165, 1.54) is 11.3 Å². The van der Waals surface area contributed by atoms with E-state index in [1.807, 2.05) is 81.4 Å². The zero-order chi connectivity index (χ0) is 30.0. The van der Waals surface area contributed by atoms with E-state index in [-0.39, 0.29) is 18.3 Å². The Morgan fingerprint density at radius 2 is 1.83 bits per heavy atom. The average molecular weight is 650 g/mol. The van der Waals surface area contributed by atoms with Crippen molar-refractivity contribution in [2.75, 3.05) is 13.7 Å². The van der Waals surface area contributed by atoms with E-state index >= 15 is 0 Å². The summed E-state index contributed by atoms with van der Waals surface area (Å²) in [4.78, 5) is 33.2. The fraction of sp³-hybridized carbons (Fsp3) is 0.303. The highest BCUT2D eigenvalue weighted by molar-refractivity contribution is 9.10. The van der Waals surface area contributed by atoms with E-state index in [4.69, 9.17) is 19.2 Å². The van der Waals surface area contributed by atoms with E-state index in [9.17, 15) is 9.59 Å². The highest BCUT2D eigenvalue weighted by Crippen LogP contribution is 2.38. The van der Waals surface area contributed by atoms with Gasteiger partial charge in [-0.15, -0.1) is 0 Å². The third-order valence-electron chi connectivity index (χ3n) is 6.95. The van der Waals surface area contributed by atoms with Gasteiger partial charge in [-0.3, -0.25) is 9.36 Å². The molecule has 1 aromatic heterocycles. The molecule has 0 saturated carbocycles. The first-order valence-corrected chi connectivity index (χ1v) is 15.6. The van der Waals surface area contributed by atoms with Gasteiger partial charge in [0.15, 0.2) is 4.80 Å². The molecular formula is C33H33BrN2O5S. The summed E-state index contributed by atoms with van der Waals surface area (Å²) in [6.07, 6.45) is 3.27. The lowest BCUT2D eigenvalue weighted by Gasteiger charge is -2.27. The molecular weight excluding hydrogens is 616 g/mol. The minimum Gasteiger partial charge on any atom is -0.496 e. The number of carbonyl (C=O) groups is 1. The number of hydrogen-bond acceptors (Lipinski definition) is 7. The second-order valence-electron chi connectivity index (χ2n) is 10.2. The molecule has 0 saturated heterocycles. The number of fused-ring (bicyclic) bond motifs is 2. The maximum absolute atomic E-state index is 14.3. The van der Waals surface area contributed by atoms with Crippen LogP contribution >= 0.6 is 27.3 Å². The number of aromatic nitrogens is 1. The standard InChI is InChI=1S/C33H33BrN2O5S/c1-6-10-25-29(32(38)40-7-2)30(24-18-21(34)14-16-26(24)39-5)36-31(37)28(42-33(36)35-25)17-20-13-15-27(41-19(3)4)23-12-9-8-11-22(20)23/h8-9,11-19,30H,6-7,10H2,1-5H3/b28-17+/t30-/m0/s1. The molecule has 218 valence electrons. The van der Waals surface area contributed by atoms with Crippen LogP contribution in [0, 0.1) is 0 Å². The summed E-state index contributed by atoms with van der Waals surface area (Å²) in [5, 5.41) is 1.95. The maximum Gasteiger partial charge on any atom is 0.338 e. The van der Waals surface area contributed by atoms with Crippen LogP contribution in [-0.4, -0.2) is 30.4 Å². The molecule has 0 unspecified atom stereocenters. The number of thiazole rings is 1. The van der Waals surface area contributed by atoms with Crippen molar-refractivity contribution < 1.29 is 19.0 Å². The van der Waals surface area contributed by atoms with Crippen LogP contribution in [0.15, 0.2) is 80.1 Å². The van der Waals surface area contributed by atoms with Crippen LogP contribution in [0.3, 0.4) is 0 Å². The van der Waals surface area contributed by atoms with E-state index < -0.39 is 12.0 Å². The highest BCUT2D eigenvalue weighted by Gasteiger charge is 2.36. The highest BCUT2D eigenvalue weighted by atomic mass is 79.9. The van der Waals surface area contributed by atoms with Crippen LogP contribution < -0.4 is 24.4 Å². The Morgan fingerprint density at radius 3 is 2.52 bits per heavy atom. The van der Waals surface area contributed by atoms with E-state index in [0.29, 0.717) is 38.3 Å². The largest absolute Gasteiger partial charge is 0.496 e. The molecule has 1 aliphatic rings. The quantitative estimate of drug-likeness (QED) is 0.199. The maximum atomic E-state index is 14.3. The van der Waals surface area contributed by atoms with Crippen molar-refractivity contribution in [3.05, 3.63) is 101 Å². The number of carbonyl (C=O) groups excluding carboxylic acids is 1. The number of methoxy groups -OCH3 is 1. The fourth-order valence-corrected chi connectivity index (χ4v) is 6.64. The van der Waals surface area contributed by atoms with Gasteiger partial charge in [-0.05, 0) is 68.5 Å². The van der Waals surface area contributed by atoms with Gasteiger partial charge in [0.05, 0.1) is 35.6 Å². The molecule has 0 fully saturated rings. The molecule has 1 aliphatic heterocycles. The summed E-state index contributed by atoms with van der Waals surface area (Å²) in [5.41, 5.74) is 2.30. The molecule has 0 amide bonds. The van der Waals surface area contributed by atoms with E-state index in [2.05, 4.69) is 15.9 Å². The van der Waals surface area contributed by atoms with Gasteiger partial charge in [0.25, 0.3) is 5.56 Å². The number of hydrogen-bond donors (Lipinski definition) is 0. The molecule has 9 heteroatoms. The summed E-state index contributed by atoms with van der Waals surface area (Å²) >= 11 is 4.88. The van der Waals surface area contributed by atoms with Crippen LogP contribution in [-0.2, 0) is 9.53 Å². The van der Waals surface area contributed by atoms with Crippen LogP contribution in [0.1, 0.15) is 57.7 Å². The van der Waals surface area contributed by atoms with Gasteiger partial charge in [0, 0.05) is 15.4 Å². The number of ether oxygens (including phenoxy) is 3. The Kier molecular flexibility index (Phi) is 8.99. The fourth-order valence-electron chi connectivity index (χ4n) is 5.25. The lowest BCUT2D eigenvalue weighted by atomic mass is 9.93. The molecule has 0 radical (unpaired) electrons. The molecule has 7 nitrogen and oxygen atoms in total. The average Bonchev–Trinajstić information content (AvgIpc) is 3.27. The van der Waals surface area contributed by atoms with Gasteiger partial charge in [-0.1, -0.05) is 70.9 Å². The third kappa shape index (κ3) is 5.68. The van der Waals surface area contributed by atoms with Gasteiger partial charge in [0.1, 0.15) is 17.5 Å². The summed E-state index contributed by atoms with van der Waals surface area (Å²) in [7, 11) is 1.58. The first kappa shape index (κ1) is 29.8. The molecule has 0 N–H and O–H groups in total. The Hall–Kier alpha value is -3.69. The van der Waals surface area contributed by atoms with Gasteiger partial charge in [-0.2, -0.15) is 0 Å². The Morgan fingerprint density at radius 1 is 1.10 bits per heavy atom. The minimum atomic E-state index is -0.769. The Bertz CT molecular complexity index is 1870. The number of benzene rings is 3. The van der Waals surface area contributed by atoms with Crippen molar-refractivity contribution in [3.8, 4) is 11.5 Å². The zero-order valence-electron chi connectivity index (χ0n) is 24.3. The van der Waals surface area contributed by atoms with Crippen molar-refractivity contribution in [3.63, 3.8) is 0 Å². The first-order chi connectivity index (χ1) is 20.3. The van der Waals surface area contributed by atoms with Crippen LogP contribution in [0.2, 0.25) is 0 Å². The SMILES string of the molecule is CCCC1=C(C(=O)OCC)[C@H](c2cc(Br)ccc2OC)n2c(s/c(=C/c3ccc(OC(C)C)c4ccccc34)c2=O)=N1. The topological polar surface area (TPSA) is 79.1 Å². The predicted octanol–water partition coefficient (Wildman–Crippen LogP) is 6.29. The number of halogens is 1. The van der Waals surface area contributed by atoms with E-state index in [0.717, 1.165) is 33.0 Å². The van der Waals surface area contributed by atoms with Gasteiger partial charge in [-0.25, -0.2) is 9.79 Å². The van der Waals surface area contributed by atoms with E-state index in [1.54, 1.807) is 18.6 Å².